The minimum absolute atomic E-state index is 0.128. The first-order valence-corrected chi connectivity index (χ1v) is 11.1. The molecule has 7 N–H and O–H groups in total. The van der Waals surface area contributed by atoms with Crippen LogP contribution >= 0.6 is 0 Å². The second-order valence-electron chi connectivity index (χ2n) is 8.13. The molecule has 0 aromatic heterocycles. The van der Waals surface area contributed by atoms with Gasteiger partial charge < -0.3 is 27.0 Å². The van der Waals surface area contributed by atoms with Crippen molar-refractivity contribution in [1.82, 2.24) is 4.90 Å². The number of imide groups is 1. The van der Waals surface area contributed by atoms with Crippen LogP contribution in [-0.2, 0) is 23.9 Å². The molecule has 0 heterocycles. The topological polar surface area (TPSA) is 179 Å². The minimum atomic E-state index is -1.75. The van der Waals surface area contributed by atoms with Crippen molar-refractivity contribution in [2.45, 2.75) is 82.7 Å². The molecule has 2 atom stereocenters. The van der Waals surface area contributed by atoms with E-state index in [9.17, 15) is 24.3 Å². The highest BCUT2D eigenvalue weighted by Gasteiger charge is 2.56. The molecular formula is C21H38N4O6. The number of hydrogen-bond donors (Lipinski definition) is 4. The lowest BCUT2D eigenvalue weighted by Gasteiger charge is -2.47. The van der Waals surface area contributed by atoms with Gasteiger partial charge in [0.05, 0.1) is 19.8 Å². The summed E-state index contributed by atoms with van der Waals surface area (Å²) >= 11 is 0. The monoisotopic (exact) mass is 442 g/mol. The molecule has 1 aliphatic carbocycles. The number of nitrogens with two attached hydrogens (primary N) is 3. The molecule has 10 heteroatoms. The summed E-state index contributed by atoms with van der Waals surface area (Å²) in [5, 5.41) is 9.44. The number of rotatable bonds is 13. The van der Waals surface area contributed by atoms with Gasteiger partial charge in [-0.15, -0.1) is 0 Å². The number of unbranched alkanes of at least 4 members (excludes halogenated alkanes) is 2. The predicted octanol–water partition coefficient (Wildman–Crippen LogP) is -0.0621. The van der Waals surface area contributed by atoms with Gasteiger partial charge >= 0.3 is 5.97 Å². The maximum absolute atomic E-state index is 13.6. The van der Waals surface area contributed by atoms with Crippen molar-refractivity contribution < 1.29 is 29.0 Å². The van der Waals surface area contributed by atoms with Crippen molar-refractivity contribution in [1.29, 1.82) is 0 Å². The Kier molecular flexibility index (Phi) is 11.7. The lowest BCUT2D eigenvalue weighted by Crippen LogP contribution is -2.68. The summed E-state index contributed by atoms with van der Waals surface area (Å²) < 4.78 is 5.55. The van der Waals surface area contributed by atoms with Crippen LogP contribution in [0, 0.1) is 5.92 Å². The zero-order chi connectivity index (χ0) is 23.4. The Hall–Kier alpha value is -2.04. The fraction of sp³-hybridized carbons (Fsp3) is 0.810. The molecule has 0 aliphatic heterocycles. The Morgan fingerprint density at radius 2 is 1.81 bits per heavy atom. The number of aliphatic hydroxyl groups is 1. The molecule has 0 radical (unpaired) electrons. The first-order chi connectivity index (χ1) is 14.8. The van der Waals surface area contributed by atoms with Gasteiger partial charge in [-0.3, -0.25) is 19.3 Å². The fourth-order valence-corrected chi connectivity index (χ4v) is 4.27. The van der Waals surface area contributed by atoms with Gasteiger partial charge in [0.1, 0.15) is 6.04 Å². The first kappa shape index (κ1) is 27.0. The molecule has 1 rings (SSSR count). The highest BCUT2D eigenvalue weighted by atomic mass is 16.5. The number of carbonyl (C=O) groups excluding carboxylic acids is 4. The third-order valence-corrected chi connectivity index (χ3v) is 5.92. The Morgan fingerprint density at radius 1 is 1.16 bits per heavy atom. The summed E-state index contributed by atoms with van der Waals surface area (Å²) in [6.45, 7) is 0.882. The Bertz CT molecular complexity index is 623. The van der Waals surface area contributed by atoms with Gasteiger partial charge in [-0.1, -0.05) is 39.0 Å². The average molecular weight is 443 g/mol. The van der Waals surface area contributed by atoms with Crippen LogP contribution in [0.2, 0.25) is 0 Å². The predicted molar refractivity (Wildman–Crippen MR) is 114 cm³/mol. The van der Waals surface area contributed by atoms with E-state index in [2.05, 4.69) is 0 Å². The van der Waals surface area contributed by atoms with Crippen LogP contribution in [0.3, 0.4) is 0 Å². The van der Waals surface area contributed by atoms with Crippen molar-refractivity contribution >= 4 is 23.7 Å². The van der Waals surface area contributed by atoms with Gasteiger partial charge in [0.15, 0.2) is 5.54 Å². The van der Waals surface area contributed by atoms with Crippen molar-refractivity contribution in [2.24, 2.45) is 23.1 Å². The average Bonchev–Trinajstić information content (AvgIpc) is 2.78. The van der Waals surface area contributed by atoms with Crippen molar-refractivity contribution in [3.63, 3.8) is 0 Å². The number of carbonyl (C=O) groups is 4. The molecular weight excluding hydrogens is 404 g/mol. The lowest BCUT2D eigenvalue weighted by atomic mass is 9.70. The number of nitrogens with zero attached hydrogens (tertiary/aromatic N) is 1. The molecule has 0 saturated heterocycles. The molecule has 0 unspecified atom stereocenters. The van der Waals surface area contributed by atoms with E-state index in [1.165, 1.54) is 0 Å². The van der Waals surface area contributed by atoms with E-state index in [4.69, 9.17) is 21.9 Å². The molecule has 0 bridgehead atoms. The summed E-state index contributed by atoms with van der Waals surface area (Å²) in [6.07, 6.45) is 5.72. The van der Waals surface area contributed by atoms with Gasteiger partial charge in [0, 0.05) is 6.42 Å². The summed E-state index contributed by atoms with van der Waals surface area (Å²) in [6, 6.07) is -1.42. The smallest absolute Gasteiger partial charge is 0.332 e. The third-order valence-electron chi connectivity index (χ3n) is 5.92. The maximum atomic E-state index is 13.6. The van der Waals surface area contributed by atoms with Crippen LogP contribution in [0.15, 0.2) is 0 Å². The van der Waals surface area contributed by atoms with Gasteiger partial charge in [-0.2, -0.15) is 0 Å². The molecule has 178 valence electrons. The zero-order valence-corrected chi connectivity index (χ0v) is 18.5. The number of ether oxygens (including phenoxy) is 1. The summed E-state index contributed by atoms with van der Waals surface area (Å²) in [5.74, 6) is -3.58. The molecule has 1 aliphatic rings. The van der Waals surface area contributed by atoms with E-state index in [-0.39, 0.29) is 19.4 Å². The molecule has 10 nitrogen and oxygen atoms in total. The largest absolute Gasteiger partial charge is 0.464 e. The molecule has 3 amide bonds. The highest BCUT2D eigenvalue weighted by Crippen LogP contribution is 2.41. The van der Waals surface area contributed by atoms with Gasteiger partial charge in [0.2, 0.25) is 17.7 Å². The summed E-state index contributed by atoms with van der Waals surface area (Å²) in [4.78, 5) is 52.0. The quantitative estimate of drug-likeness (QED) is 0.226. The SMILES string of the molecule is CCCCCOC(=O)[C@@](CCC(N)=O)(C1CCCCC1)N(C(=O)CN)C(=O)[C@@H](N)CO. The minimum Gasteiger partial charge on any atom is -0.464 e. The van der Waals surface area contributed by atoms with Crippen LogP contribution in [0.25, 0.3) is 0 Å². The van der Waals surface area contributed by atoms with E-state index < -0.39 is 54.3 Å². The van der Waals surface area contributed by atoms with E-state index in [1.807, 2.05) is 6.92 Å². The first-order valence-electron chi connectivity index (χ1n) is 11.1. The third kappa shape index (κ3) is 6.98. The van der Waals surface area contributed by atoms with Crippen LogP contribution in [-0.4, -0.2) is 65.0 Å². The summed E-state index contributed by atoms with van der Waals surface area (Å²) in [5.41, 5.74) is 15.0. The van der Waals surface area contributed by atoms with E-state index in [0.29, 0.717) is 19.3 Å². The number of esters is 1. The Labute approximate surface area is 183 Å². The maximum Gasteiger partial charge on any atom is 0.332 e. The molecule has 0 spiro atoms. The van der Waals surface area contributed by atoms with Crippen molar-refractivity contribution in [3.05, 3.63) is 0 Å². The van der Waals surface area contributed by atoms with Crippen LogP contribution in [0.1, 0.15) is 71.1 Å². The molecule has 31 heavy (non-hydrogen) atoms. The van der Waals surface area contributed by atoms with Gasteiger partial charge in [-0.25, -0.2) is 4.79 Å². The fourth-order valence-electron chi connectivity index (χ4n) is 4.27. The van der Waals surface area contributed by atoms with Crippen LogP contribution < -0.4 is 17.2 Å². The molecule has 1 fully saturated rings. The van der Waals surface area contributed by atoms with E-state index in [0.717, 1.165) is 37.0 Å². The van der Waals surface area contributed by atoms with Crippen molar-refractivity contribution in [2.75, 3.05) is 19.8 Å². The zero-order valence-electron chi connectivity index (χ0n) is 18.5. The van der Waals surface area contributed by atoms with E-state index in [1.54, 1.807) is 0 Å². The van der Waals surface area contributed by atoms with Crippen LogP contribution in [0.4, 0.5) is 0 Å². The molecule has 0 aromatic rings. The number of amides is 3. The van der Waals surface area contributed by atoms with Crippen molar-refractivity contribution in [3.8, 4) is 0 Å². The highest BCUT2D eigenvalue weighted by molar-refractivity contribution is 6.04. The standard InChI is InChI=1S/C21H38N4O6/c1-2-3-7-12-31-20(30)21(11-10-17(24)27,15-8-5-4-6-9-15)25(18(28)13-22)19(29)16(23)14-26/h15-16,26H,2-14,22-23H2,1H3,(H2,24,27)/t16-,21+/m0/s1. The second kappa shape index (κ2) is 13.4. The Balaban J connectivity index is 3.54. The normalized spacial score (nSPS) is 17.4. The van der Waals surface area contributed by atoms with Gasteiger partial charge in [-0.05, 0) is 31.6 Å². The van der Waals surface area contributed by atoms with E-state index >= 15 is 0 Å². The number of hydrogen-bond acceptors (Lipinski definition) is 8. The molecule has 0 aromatic carbocycles. The second-order valence-corrected chi connectivity index (χ2v) is 8.13. The van der Waals surface area contributed by atoms with Crippen LogP contribution in [0.5, 0.6) is 0 Å². The lowest BCUT2D eigenvalue weighted by molar-refractivity contribution is -0.177. The Morgan fingerprint density at radius 3 is 2.32 bits per heavy atom. The van der Waals surface area contributed by atoms with Gasteiger partial charge in [0.25, 0.3) is 0 Å². The summed E-state index contributed by atoms with van der Waals surface area (Å²) in [7, 11) is 0. The molecule has 1 saturated carbocycles. The number of aliphatic hydroxyl groups excluding tert-OH is 1. The number of primary amides is 1.